The van der Waals surface area contributed by atoms with Crippen LogP contribution in [0, 0.1) is 29.2 Å². The third-order valence-electron chi connectivity index (χ3n) is 4.63. The van der Waals surface area contributed by atoms with Crippen LogP contribution in [0.4, 0.5) is 22.4 Å². The maximum Gasteiger partial charge on any atom is 0.408 e. The second-order valence-electron chi connectivity index (χ2n) is 8.54. The van der Waals surface area contributed by atoms with Crippen LogP contribution in [0.15, 0.2) is 6.07 Å². The molecule has 3 amide bonds. The number of carbonyl (C=O) groups excluding carboxylic acids is 4. The third-order valence-corrected chi connectivity index (χ3v) is 4.63. The summed E-state index contributed by atoms with van der Waals surface area (Å²) < 4.78 is 63.9. The van der Waals surface area contributed by atoms with Crippen molar-refractivity contribution >= 4 is 23.7 Å². The normalized spacial score (nSPS) is 16.4. The Morgan fingerprint density at radius 1 is 1.15 bits per heavy atom. The van der Waals surface area contributed by atoms with E-state index in [4.69, 9.17) is 4.74 Å². The Labute approximate surface area is 192 Å². The molecule has 1 saturated heterocycles. The summed E-state index contributed by atoms with van der Waals surface area (Å²) in [6.07, 6.45) is -0.689. The van der Waals surface area contributed by atoms with E-state index in [1.54, 1.807) is 20.8 Å². The number of hydrogen-bond acceptors (Lipinski definition) is 6. The van der Waals surface area contributed by atoms with E-state index in [2.05, 4.69) is 20.7 Å². The molecule has 2 rings (SSSR count). The fraction of sp³-hybridized carbons (Fsp3) is 0.524. The van der Waals surface area contributed by atoms with E-state index in [-0.39, 0.29) is 18.4 Å². The molecule has 0 saturated carbocycles. The molecule has 9 nitrogen and oxygen atoms in total. The first-order valence-corrected chi connectivity index (χ1v) is 10.3. The van der Waals surface area contributed by atoms with Crippen LogP contribution < -0.4 is 20.7 Å². The fourth-order valence-corrected chi connectivity index (χ4v) is 3.06. The lowest BCUT2D eigenvalue weighted by atomic mass is 9.96. The number of amides is 3. The Bertz CT molecular complexity index is 941. The van der Waals surface area contributed by atoms with Crippen LogP contribution in [0.25, 0.3) is 0 Å². The number of halogens is 4. The molecular weight excluding hydrogens is 466 g/mol. The van der Waals surface area contributed by atoms with Gasteiger partial charge in [0.15, 0.2) is 23.2 Å². The molecule has 1 fully saturated rings. The zero-order chi connectivity index (χ0) is 25.6. The lowest BCUT2D eigenvalue weighted by Crippen LogP contribution is -2.48. The summed E-state index contributed by atoms with van der Waals surface area (Å²) in [4.78, 5) is 48.5. The van der Waals surface area contributed by atoms with Gasteiger partial charge in [0.25, 0.3) is 0 Å². The van der Waals surface area contributed by atoms with Gasteiger partial charge in [0.05, 0.1) is 6.04 Å². The molecule has 2 atom stereocenters. The first-order chi connectivity index (χ1) is 15.8. The number of rotatable bonds is 9. The lowest BCUT2D eigenvalue weighted by Gasteiger charge is -2.22. The Balaban J connectivity index is 2.06. The summed E-state index contributed by atoms with van der Waals surface area (Å²) in [6.45, 7) is 3.57. The molecule has 1 aromatic carbocycles. The van der Waals surface area contributed by atoms with Crippen molar-refractivity contribution in [3.05, 3.63) is 29.3 Å². The molecule has 0 bridgehead atoms. The van der Waals surface area contributed by atoms with Crippen LogP contribution in [-0.2, 0) is 19.1 Å². The van der Waals surface area contributed by atoms with Crippen LogP contribution in [0.3, 0.4) is 0 Å². The van der Waals surface area contributed by atoms with E-state index in [9.17, 15) is 36.7 Å². The quantitative estimate of drug-likeness (QED) is 0.357. The standard InChI is InChI=1S/C21H25F4N3O6/c1-21(2,3)34-20(32)27-8-15(30)28-13(6-10-4-5-26-19(10)31)14(29)9-33-18-16(24)11(22)7-12(23)17(18)25/h7,10,13H,4-6,8-9H2,1-3H3,(H,26,31)(H,27,32)(H,28,30). The van der Waals surface area contributed by atoms with Gasteiger partial charge in [-0.15, -0.1) is 0 Å². The SMILES string of the molecule is CC(C)(C)OC(=O)NCC(=O)NC(CC1CCNC1=O)C(=O)COc1c(F)c(F)cc(F)c1F. The Morgan fingerprint density at radius 2 is 1.76 bits per heavy atom. The first-order valence-electron chi connectivity index (χ1n) is 10.3. The highest BCUT2D eigenvalue weighted by molar-refractivity contribution is 5.92. The average Bonchev–Trinajstić information content (AvgIpc) is 3.13. The number of carbonyl (C=O) groups is 4. The van der Waals surface area contributed by atoms with Crippen molar-refractivity contribution in [2.24, 2.45) is 5.92 Å². The second-order valence-corrected chi connectivity index (χ2v) is 8.54. The summed E-state index contributed by atoms with van der Waals surface area (Å²) in [7, 11) is 0. The van der Waals surface area contributed by atoms with E-state index < -0.39 is 77.5 Å². The second kappa shape index (κ2) is 11.2. The smallest absolute Gasteiger partial charge is 0.408 e. The highest BCUT2D eigenvalue weighted by Crippen LogP contribution is 2.26. The minimum Gasteiger partial charge on any atom is -0.479 e. The largest absolute Gasteiger partial charge is 0.479 e. The molecule has 0 radical (unpaired) electrons. The van der Waals surface area contributed by atoms with Crippen LogP contribution in [-0.4, -0.2) is 55.0 Å². The van der Waals surface area contributed by atoms with Gasteiger partial charge in [0, 0.05) is 18.5 Å². The van der Waals surface area contributed by atoms with Gasteiger partial charge in [0.2, 0.25) is 23.4 Å². The molecule has 2 unspecified atom stereocenters. The number of ether oxygens (including phenoxy) is 2. The summed E-state index contributed by atoms with van der Waals surface area (Å²) in [6, 6.07) is -1.37. The van der Waals surface area contributed by atoms with Crippen LogP contribution in [0.5, 0.6) is 5.75 Å². The van der Waals surface area contributed by atoms with Gasteiger partial charge in [-0.1, -0.05) is 0 Å². The number of hydrogen-bond donors (Lipinski definition) is 3. The van der Waals surface area contributed by atoms with Gasteiger partial charge >= 0.3 is 6.09 Å². The number of ketones is 1. The van der Waals surface area contributed by atoms with Gasteiger partial charge in [-0.2, -0.15) is 8.78 Å². The monoisotopic (exact) mass is 491 g/mol. The van der Waals surface area contributed by atoms with E-state index in [1.165, 1.54) is 0 Å². The zero-order valence-electron chi connectivity index (χ0n) is 18.7. The van der Waals surface area contributed by atoms with Crippen molar-refractivity contribution in [1.29, 1.82) is 0 Å². The van der Waals surface area contributed by atoms with Crippen molar-refractivity contribution in [2.45, 2.75) is 45.3 Å². The molecule has 1 aliphatic heterocycles. The van der Waals surface area contributed by atoms with Crippen LogP contribution in [0.1, 0.15) is 33.6 Å². The molecule has 0 aromatic heterocycles. The fourth-order valence-electron chi connectivity index (χ4n) is 3.06. The van der Waals surface area contributed by atoms with Gasteiger partial charge in [-0.25, -0.2) is 13.6 Å². The van der Waals surface area contributed by atoms with Gasteiger partial charge in [-0.05, 0) is 33.6 Å². The Kier molecular flexibility index (Phi) is 8.82. The summed E-state index contributed by atoms with van der Waals surface area (Å²) >= 11 is 0. The van der Waals surface area contributed by atoms with E-state index in [0.29, 0.717) is 13.0 Å². The molecule has 3 N–H and O–H groups in total. The molecule has 13 heteroatoms. The van der Waals surface area contributed by atoms with E-state index in [1.807, 2.05) is 0 Å². The molecule has 34 heavy (non-hydrogen) atoms. The number of benzene rings is 1. The van der Waals surface area contributed by atoms with E-state index in [0.717, 1.165) is 0 Å². The average molecular weight is 491 g/mol. The molecule has 1 heterocycles. The third kappa shape index (κ3) is 7.59. The first kappa shape index (κ1) is 26.9. The number of nitrogens with one attached hydrogen (secondary N) is 3. The number of alkyl carbamates (subject to hydrolysis) is 1. The Hall–Kier alpha value is -3.38. The van der Waals surface area contributed by atoms with Crippen LogP contribution >= 0.6 is 0 Å². The van der Waals surface area contributed by atoms with Crippen molar-refractivity contribution in [1.82, 2.24) is 16.0 Å². The predicted molar refractivity (Wildman–Crippen MR) is 109 cm³/mol. The van der Waals surface area contributed by atoms with Crippen LogP contribution in [0.2, 0.25) is 0 Å². The minimum absolute atomic E-state index is 0.0151. The maximum atomic E-state index is 13.8. The molecule has 0 aliphatic carbocycles. The van der Waals surface area contributed by atoms with E-state index >= 15 is 0 Å². The zero-order valence-corrected chi connectivity index (χ0v) is 18.7. The maximum absolute atomic E-state index is 13.8. The van der Waals surface area contributed by atoms with Gasteiger partial charge in [-0.3, -0.25) is 14.4 Å². The Morgan fingerprint density at radius 3 is 2.29 bits per heavy atom. The lowest BCUT2D eigenvalue weighted by molar-refractivity contribution is -0.130. The molecule has 188 valence electrons. The molecule has 0 spiro atoms. The van der Waals surface area contributed by atoms with Crippen molar-refractivity contribution in [2.75, 3.05) is 19.7 Å². The topological polar surface area (TPSA) is 123 Å². The van der Waals surface area contributed by atoms with Gasteiger partial charge < -0.3 is 25.4 Å². The predicted octanol–water partition coefficient (Wildman–Crippen LogP) is 1.73. The molecule has 1 aromatic rings. The summed E-state index contributed by atoms with van der Waals surface area (Å²) in [5, 5.41) is 7.07. The summed E-state index contributed by atoms with van der Waals surface area (Å²) in [5.74, 6) is -11.3. The molecule has 1 aliphatic rings. The van der Waals surface area contributed by atoms with Crippen molar-refractivity contribution < 1.29 is 46.2 Å². The highest BCUT2D eigenvalue weighted by Gasteiger charge is 2.32. The molecular formula is C21H25F4N3O6. The van der Waals surface area contributed by atoms with Crippen molar-refractivity contribution in [3.8, 4) is 5.75 Å². The highest BCUT2D eigenvalue weighted by atomic mass is 19.2. The van der Waals surface area contributed by atoms with Crippen molar-refractivity contribution in [3.63, 3.8) is 0 Å². The summed E-state index contributed by atoms with van der Waals surface area (Å²) in [5.41, 5.74) is -0.812. The van der Waals surface area contributed by atoms with Gasteiger partial charge in [0.1, 0.15) is 18.8 Å². The minimum atomic E-state index is -1.83. The number of Topliss-reactive ketones (excluding diaryl/α,β-unsaturated/α-hetero) is 1.